The van der Waals surface area contributed by atoms with Crippen molar-refractivity contribution in [3.05, 3.63) is 57.7 Å². The zero-order valence-electron chi connectivity index (χ0n) is 12.4. The Balaban J connectivity index is 2.26. The Labute approximate surface area is 144 Å². The van der Waals surface area contributed by atoms with Crippen molar-refractivity contribution in [2.45, 2.75) is 31.0 Å². The molecule has 1 aromatic carbocycles. The molecule has 0 radical (unpaired) electrons. The first-order valence-corrected chi connectivity index (χ1v) is 7.48. The summed E-state index contributed by atoms with van der Waals surface area (Å²) in [6.07, 6.45) is -7.89. The summed E-state index contributed by atoms with van der Waals surface area (Å²) in [6.45, 7) is 7.03. The molecular formula is C16H10ClF5N2O. The fraction of sp³-hybridized carbons (Fsp3) is 0.312. The minimum Gasteiger partial charge on any atom is -0.382 e. The smallest absolute Gasteiger partial charge is 0.382 e. The summed E-state index contributed by atoms with van der Waals surface area (Å²) < 4.78 is 68.5. The van der Waals surface area contributed by atoms with Gasteiger partial charge < -0.3 is 9.67 Å². The third-order valence-electron chi connectivity index (χ3n) is 4.15. The van der Waals surface area contributed by atoms with Crippen molar-refractivity contribution in [3.63, 3.8) is 0 Å². The van der Waals surface area contributed by atoms with Crippen LogP contribution in [0.1, 0.15) is 29.3 Å². The standard InChI is InChI=1S/C16H10ClF5N2O/c1-23-11-6-8(2-3-10(11)17)24-7-9(16(20,21)22)13-12(24)4-5-15(18,19)14(13)25/h2-3,6-7,14,25H,4-5H2. The number of halogens is 6. The van der Waals surface area contributed by atoms with Gasteiger partial charge in [-0.1, -0.05) is 17.7 Å². The predicted octanol–water partition coefficient (Wildman–Crippen LogP) is 5.32. The van der Waals surface area contributed by atoms with Gasteiger partial charge in [-0.25, -0.2) is 13.6 Å². The monoisotopic (exact) mass is 376 g/mol. The second-order valence-electron chi connectivity index (χ2n) is 5.68. The summed E-state index contributed by atoms with van der Waals surface area (Å²) in [5, 5.41) is 9.93. The molecule has 1 atom stereocenters. The normalized spacial score (nSPS) is 19.4. The second-order valence-corrected chi connectivity index (χ2v) is 6.09. The van der Waals surface area contributed by atoms with Gasteiger partial charge in [0.25, 0.3) is 5.92 Å². The van der Waals surface area contributed by atoms with Crippen LogP contribution in [-0.4, -0.2) is 15.6 Å². The highest BCUT2D eigenvalue weighted by molar-refractivity contribution is 6.33. The summed E-state index contributed by atoms with van der Waals surface area (Å²) in [4.78, 5) is 3.18. The van der Waals surface area contributed by atoms with Crippen molar-refractivity contribution < 1.29 is 27.1 Å². The number of rotatable bonds is 1. The minimum absolute atomic E-state index is 0.0249. The van der Waals surface area contributed by atoms with E-state index in [1.54, 1.807) is 0 Å². The molecule has 0 amide bonds. The molecule has 1 aliphatic rings. The van der Waals surface area contributed by atoms with Crippen LogP contribution < -0.4 is 0 Å². The lowest BCUT2D eigenvalue weighted by atomic mass is 9.89. The van der Waals surface area contributed by atoms with E-state index in [0.717, 1.165) is 4.57 Å². The highest BCUT2D eigenvalue weighted by atomic mass is 35.5. The van der Waals surface area contributed by atoms with Gasteiger partial charge in [-0.05, 0) is 18.6 Å². The molecular weight excluding hydrogens is 367 g/mol. The van der Waals surface area contributed by atoms with Gasteiger partial charge in [0.15, 0.2) is 0 Å². The maximum Gasteiger partial charge on any atom is 0.418 e. The van der Waals surface area contributed by atoms with Crippen LogP contribution in [0.4, 0.5) is 27.6 Å². The third-order valence-corrected chi connectivity index (χ3v) is 4.47. The van der Waals surface area contributed by atoms with Crippen molar-refractivity contribution >= 4 is 17.3 Å². The van der Waals surface area contributed by atoms with E-state index in [-0.39, 0.29) is 28.5 Å². The number of aliphatic hydroxyl groups is 1. The molecule has 0 aliphatic heterocycles. The van der Waals surface area contributed by atoms with E-state index in [9.17, 15) is 27.1 Å². The van der Waals surface area contributed by atoms with Crippen LogP contribution in [0.15, 0.2) is 24.4 Å². The fourth-order valence-corrected chi connectivity index (χ4v) is 3.11. The molecule has 1 aliphatic carbocycles. The molecule has 0 saturated heterocycles. The molecule has 1 heterocycles. The van der Waals surface area contributed by atoms with Crippen molar-refractivity contribution in [3.8, 4) is 5.69 Å². The maximum absolute atomic E-state index is 13.7. The largest absolute Gasteiger partial charge is 0.418 e. The van der Waals surface area contributed by atoms with Crippen LogP contribution in [-0.2, 0) is 12.6 Å². The third kappa shape index (κ3) is 2.87. The molecule has 2 aromatic rings. The topological polar surface area (TPSA) is 29.5 Å². The maximum atomic E-state index is 13.7. The van der Waals surface area contributed by atoms with E-state index in [0.29, 0.717) is 6.20 Å². The molecule has 0 spiro atoms. The number of fused-ring (bicyclic) bond motifs is 1. The quantitative estimate of drug-likeness (QED) is 0.530. The zero-order valence-corrected chi connectivity index (χ0v) is 13.2. The number of hydrogen-bond donors (Lipinski definition) is 1. The number of nitrogens with zero attached hydrogens (tertiary/aromatic N) is 2. The molecule has 1 N–H and O–H groups in total. The minimum atomic E-state index is -4.90. The first-order chi connectivity index (χ1) is 11.6. The molecule has 0 saturated carbocycles. The van der Waals surface area contributed by atoms with Gasteiger partial charge in [-0.15, -0.1) is 0 Å². The van der Waals surface area contributed by atoms with Gasteiger partial charge in [-0.3, -0.25) is 0 Å². The van der Waals surface area contributed by atoms with Crippen LogP contribution in [0.25, 0.3) is 10.5 Å². The van der Waals surface area contributed by atoms with E-state index in [1.165, 1.54) is 18.2 Å². The average molecular weight is 377 g/mol. The van der Waals surface area contributed by atoms with Crippen molar-refractivity contribution in [1.29, 1.82) is 0 Å². The highest BCUT2D eigenvalue weighted by Gasteiger charge is 2.50. The summed E-state index contributed by atoms with van der Waals surface area (Å²) in [6, 6.07) is 4.00. The van der Waals surface area contributed by atoms with E-state index >= 15 is 0 Å². The Bertz CT molecular complexity index is 882. The number of hydrogen-bond acceptors (Lipinski definition) is 1. The first-order valence-electron chi connectivity index (χ1n) is 7.11. The lowest BCUT2D eigenvalue weighted by Gasteiger charge is -2.29. The molecule has 132 valence electrons. The van der Waals surface area contributed by atoms with E-state index in [2.05, 4.69) is 4.85 Å². The Kier molecular flexibility index (Phi) is 4.05. The van der Waals surface area contributed by atoms with E-state index in [1.807, 2.05) is 0 Å². The highest BCUT2D eigenvalue weighted by Crippen LogP contribution is 2.48. The van der Waals surface area contributed by atoms with Crippen LogP contribution >= 0.6 is 11.6 Å². The van der Waals surface area contributed by atoms with Gasteiger partial charge in [0.1, 0.15) is 6.10 Å². The van der Waals surface area contributed by atoms with Crippen LogP contribution in [0.3, 0.4) is 0 Å². The summed E-state index contributed by atoms with van der Waals surface area (Å²) in [5.41, 5.74) is -1.97. The van der Waals surface area contributed by atoms with Crippen molar-refractivity contribution in [2.24, 2.45) is 0 Å². The van der Waals surface area contributed by atoms with E-state index in [4.69, 9.17) is 18.2 Å². The Hall–Kier alpha value is -2.11. The van der Waals surface area contributed by atoms with Gasteiger partial charge in [0.05, 0.1) is 12.1 Å². The van der Waals surface area contributed by atoms with Crippen LogP contribution in [0.5, 0.6) is 0 Å². The predicted molar refractivity (Wildman–Crippen MR) is 80.3 cm³/mol. The van der Waals surface area contributed by atoms with Gasteiger partial charge in [-0.2, -0.15) is 13.2 Å². The Morgan fingerprint density at radius 1 is 1.32 bits per heavy atom. The van der Waals surface area contributed by atoms with Gasteiger partial charge in [0.2, 0.25) is 5.69 Å². The Morgan fingerprint density at radius 3 is 2.60 bits per heavy atom. The van der Waals surface area contributed by atoms with Crippen LogP contribution in [0.2, 0.25) is 5.02 Å². The second kappa shape index (κ2) is 5.71. The molecule has 0 bridgehead atoms. The number of aliphatic hydroxyl groups excluding tert-OH is 1. The molecule has 0 fully saturated rings. The Morgan fingerprint density at radius 2 is 2.00 bits per heavy atom. The lowest BCUT2D eigenvalue weighted by molar-refractivity contribution is -0.147. The SMILES string of the molecule is [C-]#[N+]c1cc(-n2cc(C(F)(F)F)c3c2CCC(F)(F)C3O)ccc1Cl. The summed E-state index contributed by atoms with van der Waals surface area (Å²) in [5.74, 6) is -3.64. The molecule has 1 unspecified atom stereocenters. The van der Waals surface area contributed by atoms with Crippen molar-refractivity contribution in [2.75, 3.05) is 0 Å². The molecule has 1 aromatic heterocycles. The number of benzene rings is 1. The number of aromatic nitrogens is 1. The van der Waals surface area contributed by atoms with Crippen LogP contribution in [0, 0.1) is 6.57 Å². The summed E-state index contributed by atoms with van der Waals surface area (Å²) in [7, 11) is 0. The number of alkyl halides is 5. The molecule has 3 rings (SSSR count). The molecule has 9 heteroatoms. The zero-order chi connectivity index (χ0) is 18.6. The molecule has 25 heavy (non-hydrogen) atoms. The molecule has 3 nitrogen and oxygen atoms in total. The van der Waals surface area contributed by atoms with Gasteiger partial charge >= 0.3 is 6.18 Å². The van der Waals surface area contributed by atoms with Crippen molar-refractivity contribution in [1.82, 2.24) is 4.57 Å². The van der Waals surface area contributed by atoms with E-state index < -0.39 is 35.8 Å². The lowest BCUT2D eigenvalue weighted by Crippen LogP contribution is -2.33. The average Bonchev–Trinajstić information content (AvgIpc) is 2.92. The fourth-order valence-electron chi connectivity index (χ4n) is 2.95. The van der Waals surface area contributed by atoms with Gasteiger partial charge in [0, 0.05) is 34.6 Å². The summed E-state index contributed by atoms with van der Waals surface area (Å²) >= 11 is 5.82. The first kappa shape index (κ1) is 17.7.